The number of amides is 2. The zero-order valence-electron chi connectivity index (χ0n) is 18.7. The molecule has 1 aliphatic heterocycles. The van der Waals surface area contributed by atoms with E-state index < -0.39 is 0 Å². The SMILES string of the molecule is CCc1ccccc1OCC(=O)N1CCCN(C(=O)COc2ccc(C)c(C)c2)CC1. The zero-order chi connectivity index (χ0) is 22.2. The molecule has 1 aliphatic rings. The molecule has 0 unspecified atom stereocenters. The van der Waals surface area contributed by atoms with Gasteiger partial charge in [-0.1, -0.05) is 31.2 Å². The van der Waals surface area contributed by atoms with E-state index in [0.717, 1.165) is 29.7 Å². The number of hydrogen-bond acceptors (Lipinski definition) is 4. The lowest BCUT2D eigenvalue weighted by Crippen LogP contribution is -2.40. The summed E-state index contributed by atoms with van der Waals surface area (Å²) < 4.78 is 11.5. The molecule has 2 amide bonds. The number of carbonyl (C=O) groups is 2. The number of aryl methyl sites for hydroxylation is 3. The first-order valence-corrected chi connectivity index (χ1v) is 10.9. The van der Waals surface area contributed by atoms with E-state index in [4.69, 9.17) is 9.47 Å². The molecular formula is C25H32N2O4. The lowest BCUT2D eigenvalue weighted by molar-refractivity contribution is -0.135. The van der Waals surface area contributed by atoms with E-state index in [1.54, 1.807) is 9.80 Å². The number of ether oxygens (including phenoxy) is 2. The second-order valence-corrected chi connectivity index (χ2v) is 7.90. The van der Waals surface area contributed by atoms with Crippen LogP contribution in [0.3, 0.4) is 0 Å². The summed E-state index contributed by atoms with van der Waals surface area (Å²) in [7, 11) is 0. The molecule has 31 heavy (non-hydrogen) atoms. The maximum atomic E-state index is 12.6. The maximum absolute atomic E-state index is 12.6. The third-order valence-corrected chi connectivity index (χ3v) is 5.75. The van der Waals surface area contributed by atoms with Crippen LogP contribution in [0.4, 0.5) is 0 Å². The van der Waals surface area contributed by atoms with Crippen molar-refractivity contribution in [2.75, 3.05) is 39.4 Å². The van der Waals surface area contributed by atoms with Gasteiger partial charge >= 0.3 is 0 Å². The summed E-state index contributed by atoms with van der Waals surface area (Å²) in [4.78, 5) is 28.8. The van der Waals surface area contributed by atoms with Gasteiger partial charge in [-0.25, -0.2) is 0 Å². The molecule has 166 valence electrons. The van der Waals surface area contributed by atoms with Gasteiger partial charge < -0.3 is 19.3 Å². The van der Waals surface area contributed by atoms with Crippen LogP contribution in [0.5, 0.6) is 11.5 Å². The van der Waals surface area contributed by atoms with Gasteiger partial charge in [0.25, 0.3) is 11.8 Å². The fourth-order valence-corrected chi connectivity index (χ4v) is 3.62. The Hall–Kier alpha value is -3.02. The molecule has 0 atom stereocenters. The van der Waals surface area contributed by atoms with Crippen molar-refractivity contribution in [1.82, 2.24) is 9.80 Å². The summed E-state index contributed by atoms with van der Waals surface area (Å²) in [6.45, 7) is 8.41. The van der Waals surface area contributed by atoms with Crippen molar-refractivity contribution in [3.05, 3.63) is 59.2 Å². The van der Waals surface area contributed by atoms with Gasteiger partial charge in [0.2, 0.25) is 0 Å². The Bertz CT molecular complexity index is 912. The van der Waals surface area contributed by atoms with E-state index in [2.05, 4.69) is 6.92 Å². The number of carbonyl (C=O) groups excluding carboxylic acids is 2. The van der Waals surface area contributed by atoms with E-state index in [-0.39, 0.29) is 25.0 Å². The highest BCUT2D eigenvalue weighted by Crippen LogP contribution is 2.19. The van der Waals surface area contributed by atoms with Crippen molar-refractivity contribution in [2.24, 2.45) is 0 Å². The molecule has 6 heteroatoms. The minimum atomic E-state index is -0.0550. The van der Waals surface area contributed by atoms with Crippen molar-refractivity contribution in [1.29, 1.82) is 0 Å². The predicted molar refractivity (Wildman–Crippen MR) is 121 cm³/mol. The average molecular weight is 425 g/mol. The molecule has 0 N–H and O–H groups in total. The van der Waals surface area contributed by atoms with Crippen LogP contribution in [-0.2, 0) is 16.0 Å². The van der Waals surface area contributed by atoms with Crippen LogP contribution >= 0.6 is 0 Å². The molecule has 0 aromatic heterocycles. The van der Waals surface area contributed by atoms with Gasteiger partial charge in [-0.3, -0.25) is 9.59 Å². The number of benzene rings is 2. The lowest BCUT2D eigenvalue weighted by atomic mass is 10.1. The highest BCUT2D eigenvalue weighted by Gasteiger charge is 2.22. The van der Waals surface area contributed by atoms with Crippen LogP contribution in [0.1, 0.15) is 30.0 Å². The Labute approximate surface area is 184 Å². The van der Waals surface area contributed by atoms with Gasteiger partial charge in [-0.2, -0.15) is 0 Å². The Morgan fingerprint density at radius 2 is 1.48 bits per heavy atom. The van der Waals surface area contributed by atoms with E-state index >= 15 is 0 Å². The number of para-hydroxylation sites is 1. The van der Waals surface area contributed by atoms with E-state index in [0.29, 0.717) is 31.9 Å². The maximum Gasteiger partial charge on any atom is 0.260 e. The number of rotatable bonds is 7. The topological polar surface area (TPSA) is 59.1 Å². The summed E-state index contributed by atoms with van der Waals surface area (Å²) in [6, 6.07) is 13.6. The third-order valence-electron chi connectivity index (χ3n) is 5.75. The van der Waals surface area contributed by atoms with Crippen LogP contribution in [-0.4, -0.2) is 61.0 Å². The first-order chi connectivity index (χ1) is 15.0. The molecule has 3 rings (SSSR count). The molecule has 0 bridgehead atoms. The van der Waals surface area contributed by atoms with Crippen molar-refractivity contribution in [2.45, 2.75) is 33.6 Å². The van der Waals surface area contributed by atoms with Crippen molar-refractivity contribution in [3.8, 4) is 11.5 Å². The summed E-state index contributed by atoms with van der Waals surface area (Å²) in [5.41, 5.74) is 3.42. The zero-order valence-corrected chi connectivity index (χ0v) is 18.7. The highest BCUT2D eigenvalue weighted by atomic mass is 16.5. The fraction of sp³-hybridized carbons (Fsp3) is 0.440. The lowest BCUT2D eigenvalue weighted by Gasteiger charge is -2.22. The molecule has 0 spiro atoms. The van der Waals surface area contributed by atoms with Crippen molar-refractivity contribution >= 4 is 11.8 Å². The smallest absolute Gasteiger partial charge is 0.260 e. The third kappa shape index (κ3) is 6.23. The second kappa shape index (κ2) is 10.8. The number of hydrogen-bond donors (Lipinski definition) is 0. The van der Waals surface area contributed by atoms with Crippen molar-refractivity contribution < 1.29 is 19.1 Å². The summed E-state index contributed by atoms with van der Waals surface area (Å²) in [5, 5.41) is 0. The van der Waals surface area contributed by atoms with Gasteiger partial charge in [0.1, 0.15) is 11.5 Å². The van der Waals surface area contributed by atoms with E-state index in [1.807, 2.05) is 56.3 Å². The normalized spacial score (nSPS) is 14.2. The van der Waals surface area contributed by atoms with Crippen LogP contribution in [0.15, 0.2) is 42.5 Å². The van der Waals surface area contributed by atoms with E-state index in [1.165, 1.54) is 5.56 Å². The Kier molecular flexibility index (Phi) is 7.93. The molecule has 1 fully saturated rings. The van der Waals surface area contributed by atoms with Gasteiger partial charge in [0, 0.05) is 26.2 Å². The molecule has 0 radical (unpaired) electrons. The van der Waals surface area contributed by atoms with Crippen LogP contribution in [0.25, 0.3) is 0 Å². The molecule has 2 aromatic carbocycles. The molecular weight excluding hydrogens is 392 g/mol. The summed E-state index contributed by atoms with van der Waals surface area (Å²) in [6.07, 6.45) is 1.60. The fourth-order valence-electron chi connectivity index (χ4n) is 3.62. The molecule has 2 aromatic rings. The summed E-state index contributed by atoms with van der Waals surface area (Å²) in [5.74, 6) is 1.35. The predicted octanol–water partition coefficient (Wildman–Crippen LogP) is 3.38. The standard InChI is InChI=1S/C25H32N2O4/c1-4-21-8-5-6-9-23(21)31-18-25(29)27-13-7-12-26(14-15-27)24(28)17-30-22-11-10-19(2)20(3)16-22/h5-6,8-11,16H,4,7,12-15,17-18H2,1-3H3. The van der Waals surface area contributed by atoms with Gasteiger partial charge in [-0.05, 0) is 61.6 Å². The molecule has 0 saturated carbocycles. The van der Waals surface area contributed by atoms with Crippen LogP contribution in [0, 0.1) is 13.8 Å². The Morgan fingerprint density at radius 1 is 0.839 bits per heavy atom. The largest absolute Gasteiger partial charge is 0.484 e. The molecule has 1 heterocycles. The van der Waals surface area contributed by atoms with Gasteiger partial charge in [0.05, 0.1) is 0 Å². The molecule has 1 saturated heterocycles. The minimum Gasteiger partial charge on any atom is -0.484 e. The highest BCUT2D eigenvalue weighted by molar-refractivity contribution is 5.79. The minimum absolute atomic E-state index is 0.00730. The van der Waals surface area contributed by atoms with E-state index in [9.17, 15) is 9.59 Å². The monoisotopic (exact) mass is 424 g/mol. The van der Waals surface area contributed by atoms with Crippen molar-refractivity contribution in [3.63, 3.8) is 0 Å². The molecule has 0 aliphatic carbocycles. The average Bonchev–Trinajstić information content (AvgIpc) is 3.04. The van der Waals surface area contributed by atoms with Crippen LogP contribution < -0.4 is 9.47 Å². The quantitative estimate of drug-likeness (QED) is 0.684. The van der Waals surface area contributed by atoms with Gasteiger partial charge in [-0.15, -0.1) is 0 Å². The summed E-state index contributed by atoms with van der Waals surface area (Å²) >= 11 is 0. The first kappa shape index (κ1) is 22.7. The number of nitrogens with zero attached hydrogens (tertiary/aromatic N) is 2. The Morgan fingerprint density at radius 3 is 2.13 bits per heavy atom. The second-order valence-electron chi connectivity index (χ2n) is 7.90. The van der Waals surface area contributed by atoms with Crippen LogP contribution in [0.2, 0.25) is 0 Å². The van der Waals surface area contributed by atoms with Gasteiger partial charge in [0.15, 0.2) is 13.2 Å². The Balaban J connectivity index is 1.47. The first-order valence-electron chi connectivity index (χ1n) is 10.9. The molecule has 6 nitrogen and oxygen atoms in total.